The van der Waals surface area contributed by atoms with Gasteiger partial charge in [0.05, 0.1) is 0 Å². The first-order valence-electron chi connectivity index (χ1n) is 6.17. The van der Waals surface area contributed by atoms with Crippen molar-refractivity contribution in [2.45, 2.75) is 30.7 Å². The van der Waals surface area contributed by atoms with Crippen molar-refractivity contribution in [1.82, 2.24) is 9.29 Å². The Morgan fingerprint density at radius 3 is 2.94 bits per heavy atom. The van der Waals surface area contributed by atoms with Gasteiger partial charge in [0.1, 0.15) is 4.90 Å². The lowest BCUT2D eigenvalue weighted by Gasteiger charge is -2.33. The first-order valence-corrected chi connectivity index (χ1v) is 7.61. The largest absolute Gasteiger partial charge is 0.328 e. The van der Waals surface area contributed by atoms with Crippen LogP contribution in [0, 0.1) is 5.92 Å². The van der Waals surface area contributed by atoms with E-state index in [1.165, 1.54) is 10.5 Å². The van der Waals surface area contributed by atoms with Crippen molar-refractivity contribution in [3.8, 4) is 0 Å². The van der Waals surface area contributed by atoms with E-state index in [0.29, 0.717) is 13.1 Å². The van der Waals surface area contributed by atoms with Crippen LogP contribution in [0.15, 0.2) is 29.4 Å². The summed E-state index contributed by atoms with van der Waals surface area (Å²) in [7, 11) is -3.41. The van der Waals surface area contributed by atoms with Crippen molar-refractivity contribution in [1.29, 1.82) is 0 Å². The molecule has 1 saturated heterocycles. The molecule has 0 unspecified atom stereocenters. The third-order valence-electron chi connectivity index (χ3n) is 3.44. The summed E-state index contributed by atoms with van der Waals surface area (Å²) in [5.41, 5.74) is 5.88. The van der Waals surface area contributed by atoms with Gasteiger partial charge in [-0.1, -0.05) is 0 Å². The lowest BCUT2D eigenvalue weighted by molar-refractivity contribution is 0.243. The number of hydrogen-bond donors (Lipinski definition) is 1. The van der Waals surface area contributed by atoms with Gasteiger partial charge >= 0.3 is 0 Å². The van der Waals surface area contributed by atoms with E-state index in [9.17, 15) is 8.42 Å². The number of hydrogen-bond acceptors (Lipinski definition) is 4. The molecule has 5 nitrogen and oxygen atoms in total. The van der Waals surface area contributed by atoms with Gasteiger partial charge in [0.2, 0.25) is 10.0 Å². The Hall–Kier alpha value is -0.980. The second-order valence-corrected chi connectivity index (χ2v) is 6.75. The summed E-state index contributed by atoms with van der Waals surface area (Å²) in [5, 5.41) is 0. The second-order valence-electron chi connectivity index (χ2n) is 4.81. The van der Waals surface area contributed by atoms with E-state index in [1.807, 2.05) is 6.92 Å². The molecule has 0 amide bonds. The molecule has 1 aliphatic rings. The minimum atomic E-state index is -3.41. The van der Waals surface area contributed by atoms with Gasteiger partial charge in [0.15, 0.2) is 0 Å². The third-order valence-corrected chi connectivity index (χ3v) is 5.29. The summed E-state index contributed by atoms with van der Waals surface area (Å²) in [6.45, 7) is 3.01. The molecule has 1 aromatic heterocycles. The molecular weight excluding hydrogens is 250 g/mol. The maximum atomic E-state index is 12.4. The number of pyridine rings is 1. The number of nitrogens with two attached hydrogens (primary N) is 1. The van der Waals surface area contributed by atoms with Gasteiger partial charge in [-0.3, -0.25) is 4.98 Å². The molecule has 6 heteroatoms. The number of sulfonamides is 1. The summed E-state index contributed by atoms with van der Waals surface area (Å²) >= 11 is 0. The third kappa shape index (κ3) is 2.71. The van der Waals surface area contributed by atoms with Crippen molar-refractivity contribution < 1.29 is 8.42 Å². The van der Waals surface area contributed by atoms with Crippen molar-refractivity contribution in [2.24, 2.45) is 11.7 Å². The van der Waals surface area contributed by atoms with E-state index in [2.05, 4.69) is 4.98 Å². The van der Waals surface area contributed by atoms with Crippen molar-refractivity contribution >= 4 is 10.0 Å². The van der Waals surface area contributed by atoms with E-state index in [4.69, 9.17) is 5.73 Å². The zero-order valence-corrected chi connectivity index (χ0v) is 11.3. The van der Waals surface area contributed by atoms with Crippen LogP contribution in [0.1, 0.15) is 19.8 Å². The molecule has 0 bridgehead atoms. The topological polar surface area (TPSA) is 76.3 Å². The fraction of sp³-hybridized carbons (Fsp3) is 0.583. The molecule has 2 N–H and O–H groups in total. The number of aromatic nitrogens is 1. The molecule has 0 aliphatic carbocycles. The van der Waals surface area contributed by atoms with Gasteiger partial charge < -0.3 is 5.73 Å². The Morgan fingerprint density at radius 2 is 2.33 bits per heavy atom. The minimum absolute atomic E-state index is 0.0249. The molecule has 18 heavy (non-hydrogen) atoms. The standard InChI is InChI=1S/C12H19N3O2S/c1-10(13)11-4-3-7-15(9-11)18(16,17)12-5-2-6-14-8-12/h2,5-6,8,10-11H,3-4,7,9,13H2,1H3/t10-,11+/m1/s1. The van der Waals surface area contributed by atoms with Crippen LogP contribution in [0.4, 0.5) is 0 Å². The number of rotatable bonds is 3. The van der Waals surface area contributed by atoms with Crippen molar-refractivity contribution in [2.75, 3.05) is 13.1 Å². The van der Waals surface area contributed by atoms with Gasteiger partial charge in [0, 0.05) is 31.5 Å². The highest BCUT2D eigenvalue weighted by Crippen LogP contribution is 2.24. The van der Waals surface area contributed by atoms with E-state index >= 15 is 0 Å². The van der Waals surface area contributed by atoms with Crippen LogP contribution in [0.5, 0.6) is 0 Å². The maximum absolute atomic E-state index is 12.4. The molecule has 0 saturated carbocycles. The highest BCUT2D eigenvalue weighted by atomic mass is 32.2. The number of nitrogens with zero attached hydrogens (tertiary/aromatic N) is 2. The predicted molar refractivity (Wildman–Crippen MR) is 69.4 cm³/mol. The Balaban J connectivity index is 2.21. The quantitative estimate of drug-likeness (QED) is 0.881. The monoisotopic (exact) mass is 269 g/mol. The van der Waals surface area contributed by atoms with Crippen LogP contribution in [-0.4, -0.2) is 36.8 Å². The molecular formula is C12H19N3O2S. The molecule has 0 radical (unpaired) electrons. The molecule has 0 aromatic carbocycles. The summed E-state index contributed by atoms with van der Waals surface area (Å²) in [6, 6.07) is 3.24. The summed E-state index contributed by atoms with van der Waals surface area (Å²) < 4.78 is 26.3. The van der Waals surface area contributed by atoms with Crippen LogP contribution in [0.25, 0.3) is 0 Å². The lowest BCUT2D eigenvalue weighted by Crippen LogP contribution is -2.44. The van der Waals surface area contributed by atoms with Gasteiger partial charge in [-0.25, -0.2) is 8.42 Å². The van der Waals surface area contributed by atoms with E-state index in [1.54, 1.807) is 18.3 Å². The Labute approximate surface area is 108 Å². The van der Waals surface area contributed by atoms with Crippen LogP contribution < -0.4 is 5.73 Å². The van der Waals surface area contributed by atoms with Gasteiger partial charge in [-0.2, -0.15) is 4.31 Å². The summed E-state index contributed by atoms with van der Waals surface area (Å²) in [6.07, 6.45) is 4.83. The molecule has 1 fully saturated rings. The Bertz CT molecular complexity index is 487. The van der Waals surface area contributed by atoms with Crippen LogP contribution in [0.2, 0.25) is 0 Å². The zero-order chi connectivity index (χ0) is 13.2. The van der Waals surface area contributed by atoms with Crippen molar-refractivity contribution in [3.63, 3.8) is 0 Å². The SMILES string of the molecule is C[C@@H](N)[C@H]1CCCN(S(=O)(=O)c2cccnc2)C1. The van der Waals surface area contributed by atoms with Crippen LogP contribution in [0.3, 0.4) is 0 Å². The zero-order valence-electron chi connectivity index (χ0n) is 10.5. The minimum Gasteiger partial charge on any atom is -0.328 e. The molecule has 2 rings (SSSR count). The van der Waals surface area contributed by atoms with E-state index in [-0.39, 0.29) is 16.9 Å². The maximum Gasteiger partial charge on any atom is 0.244 e. The van der Waals surface area contributed by atoms with Crippen LogP contribution in [-0.2, 0) is 10.0 Å². The van der Waals surface area contributed by atoms with Crippen LogP contribution >= 0.6 is 0 Å². The molecule has 1 aliphatic heterocycles. The lowest BCUT2D eigenvalue weighted by atomic mass is 9.93. The first-order chi connectivity index (χ1) is 8.51. The van der Waals surface area contributed by atoms with E-state index < -0.39 is 10.0 Å². The number of piperidine rings is 1. The van der Waals surface area contributed by atoms with Gasteiger partial charge in [-0.05, 0) is 37.8 Å². The second kappa shape index (κ2) is 5.34. The fourth-order valence-corrected chi connectivity index (χ4v) is 3.77. The normalized spacial score (nSPS) is 23.8. The predicted octanol–water partition coefficient (Wildman–Crippen LogP) is 0.829. The van der Waals surface area contributed by atoms with Gasteiger partial charge in [0.25, 0.3) is 0 Å². The van der Waals surface area contributed by atoms with Gasteiger partial charge in [-0.15, -0.1) is 0 Å². The highest BCUT2D eigenvalue weighted by Gasteiger charge is 2.31. The first kappa shape index (κ1) is 13.5. The average molecular weight is 269 g/mol. The van der Waals surface area contributed by atoms with E-state index in [0.717, 1.165) is 12.8 Å². The summed E-state index contributed by atoms with van der Waals surface area (Å²) in [4.78, 5) is 4.13. The van der Waals surface area contributed by atoms with Crippen molar-refractivity contribution in [3.05, 3.63) is 24.5 Å². The summed E-state index contributed by atoms with van der Waals surface area (Å²) in [5.74, 6) is 0.241. The smallest absolute Gasteiger partial charge is 0.244 e. The molecule has 100 valence electrons. The molecule has 2 atom stereocenters. The molecule has 0 spiro atoms. The Kier molecular flexibility index (Phi) is 3.99. The molecule has 1 aromatic rings. The average Bonchev–Trinajstić information content (AvgIpc) is 2.40. The Morgan fingerprint density at radius 1 is 1.56 bits per heavy atom. The fourth-order valence-electron chi connectivity index (χ4n) is 2.27. The molecule has 2 heterocycles. The highest BCUT2D eigenvalue weighted by molar-refractivity contribution is 7.89.